The van der Waals surface area contributed by atoms with Gasteiger partial charge in [0, 0.05) is 13.0 Å². The van der Waals surface area contributed by atoms with Crippen LogP contribution in [0.3, 0.4) is 0 Å². The lowest BCUT2D eigenvalue weighted by atomic mass is 10.0. The minimum absolute atomic E-state index is 0.321. The first-order valence-electron chi connectivity index (χ1n) is 11.9. The van der Waals surface area contributed by atoms with Crippen LogP contribution < -0.4 is 4.74 Å². The van der Waals surface area contributed by atoms with E-state index >= 15 is 0 Å². The highest BCUT2D eigenvalue weighted by Gasteiger charge is 2.23. The first-order valence-corrected chi connectivity index (χ1v) is 11.9. The highest BCUT2D eigenvalue weighted by atomic mass is 16.6. The van der Waals surface area contributed by atoms with Crippen molar-refractivity contribution in [3.63, 3.8) is 0 Å². The van der Waals surface area contributed by atoms with E-state index in [2.05, 4.69) is 56.3 Å². The molecule has 1 aliphatic rings. The van der Waals surface area contributed by atoms with Crippen molar-refractivity contribution in [1.82, 2.24) is 0 Å². The van der Waals surface area contributed by atoms with E-state index in [-0.39, 0.29) is 5.97 Å². The van der Waals surface area contributed by atoms with Crippen molar-refractivity contribution >= 4 is 11.5 Å². The van der Waals surface area contributed by atoms with Crippen molar-refractivity contribution in [2.75, 3.05) is 19.8 Å². The maximum absolute atomic E-state index is 12.1. The van der Waals surface area contributed by atoms with Crippen molar-refractivity contribution in [3.8, 4) is 16.9 Å². The zero-order valence-electron chi connectivity index (χ0n) is 20.4. The van der Waals surface area contributed by atoms with Crippen LogP contribution in [0.15, 0.2) is 66.7 Å². The van der Waals surface area contributed by atoms with Gasteiger partial charge < -0.3 is 14.2 Å². The SMILES string of the molecule is CCOC(=O)C(Cc1ccc(OCC=C2c3ccc(C)cc3-c3cc(C)ccc32)cc1)OCC. The predicted octanol–water partition coefficient (Wildman–Crippen LogP) is 6.31. The van der Waals surface area contributed by atoms with Crippen LogP contribution in [0.4, 0.5) is 0 Å². The fourth-order valence-corrected chi connectivity index (χ4v) is 4.40. The molecule has 3 aromatic carbocycles. The summed E-state index contributed by atoms with van der Waals surface area (Å²) in [4.78, 5) is 12.1. The number of aryl methyl sites for hydroxylation is 2. The van der Waals surface area contributed by atoms with Crippen LogP contribution in [-0.4, -0.2) is 31.9 Å². The summed E-state index contributed by atoms with van der Waals surface area (Å²) in [6.07, 6.45) is 2.05. The second kappa shape index (κ2) is 10.7. The lowest BCUT2D eigenvalue weighted by Crippen LogP contribution is -2.28. The van der Waals surface area contributed by atoms with Crippen LogP contribution >= 0.6 is 0 Å². The standard InChI is InChI=1S/C30H32O4/c1-5-32-29(30(31)33-6-2)19-22-9-11-23(12-10-22)34-16-15-26-24-13-7-20(3)17-27(24)28-18-21(4)8-14-25(26)28/h7-15,17-18,29H,5-6,16,19H2,1-4H3. The molecule has 0 aromatic heterocycles. The van der Waals surface area contributed by atoms with E-state index in [1.54, 1.807) is 6.92 Å². The van der Waals surface area contributed by atoms with Crippen LogP contribution in [-0.2, 0) is 20.7 Å². The number of rotatable bonds is 9. The van der Waals surface area contributed by atoms with Gasteiger partial charge in [-0.2, -0.15) is 0 Å². The Morgan fingerprint density at radius 3 is 2.00 bits per heavy atom. The van der Waals surface area contributed by atoms with Gasteiger partial charge in [0.1, 0.15) is 12.4 Å². The number of ether oxygens (including phenoxy) is 3. The first-order chi connectivity index (χ1) is 16.5. The van der Waals surface area contributed by atoms with Gasteiger partial charge in [-0.1, -0.05) is 59.7 Å². The molecule has 0 saturated heterocycles. The Morgan fingerprint density at radius 2 is 1.44 bits per heavy atom. The maximum Gasteiger partial charge on any atom is 0.335 e. The van der Waals surface area contributed by atoms with E-state index in [9.17, 15) is 4.79 Å². The van der Waals surface area contributed by atoms with Gasteiger partial charge >= 0.3 is 5.97 Å². The molecule has 0 radical (unpaired) electrons. The monoisotopic (exact) mass is 456 g/mol. The number of hydrogen-bond donors (Lipinski definition) is 0. The quantitative estimate of drug-likeness (QED) is 0.277. The lowest BCUT2D eigenvalue weighted by molar-refractivity contribution is -0.156. The van der Waals surface area contributed by atoms with Gasteiger partial charge in [-0.3, -0.25) is 0 Å². The second-order valence-electron chi connectivity index (χ2n) is 8.57. The van der Waals surface area contributed by atoms with E-state index in [0.717, 1.165) is 11.3 Å². The Morgan fingerprint density at radius 1 is 0.824 bits per heavy atom. The van der Waals surface area contributed by atoms with Gasteiger partial charge in [-0.05, 0) is 79.3 Å². The zero-order chi connectivity index (χ0) is 24.1. The third kappa shape index (κ3) is 5.23. The Labute approximate surface area is 202 Å². The molecule has 1 aliphatic carbocycles. The van der Waals surface area contributed by atoms with Crippen LogP contribution in [0.25, 0.3) is 16.7 Å². The number of carbonyl (C=O) groups is 1. The van der Waals surface area contributed by atoms with Gasteiger partial charge in [0.15, 0.2) is 6.10 Å². The molecule has 1 unspecified atom stereocenters. The number of fused-ring (bicyclic) bond motifs is 3. The van der Waals surface area contributed by atoms with Gasteiger partial charge in [0.25, 0.3) is 0 Å². The van der Waals surface area contributed by atoms with Crippen LogP contribution in [0.2, 0.25) is 0 Å². The van der Waals surface area contributed by atoms with Gasteiger partial charge in [-0.15, -0.1) is 0 Å². The van der Waals surface area contributed by atoms with E-state index < -0.39 is 6.10 Å². The summed E-state index contributed by atoms with van der Waals surface area (Å²) in [6, 6.07) is 21.1. The summed E-state index contributed by atoms with van der Waals surface area (Å²) in [5.41, 5.74) is 9.84. The Balaban J connectivity index is 1.45. The van der Waals surface area contributed by atoms with Gasteiger partial charge in [0.05, 0.1) is 6.61 Å². The third-order valence-corrected chi connectivity index (χ3v) is 6.02. The van der Waals surface area contributed by atoms with E-state index in [1.807, 2.05) is 31.2 Å². The summed E-state index contributed by atoms with van der Waals surface area (Å²) >= 11 is 0. The summed E-state index contributed by atoms with van der Waals surface area (Å²) in [7, 11) is 0. The average molecular weight is 457 g/mol. The first kappa shape index (κ1) is 23.8. The Bertz CT molecular complexity index is 1140. The molecule has 0 saturated carbocycles. The highest BCUT2D eigenvalue weighted by molar-refractivity contribution is 6.01. The summed E-state index contributed by atoms with van der Waals surface area (Å²) in [5, 5.41) is 0. The van der Waals surface area contributed by atoms with Crippen molar-refractivity contribution in [1.29, 1.82) is 0 Å². The molecule has 0 spiro atoms. The predicted molar refractivity (Wildman–Crippen MR) is 136 cm³/mol. The van der Waals surface area contributed by atoms with E-state index in [4.69, 9.17) is 14.2 Å². The summed E-state index contributed by atoms with van der Waals surface area (Å²) < 4.78 is 16.7. The topological polar surface area (TPSA) is 44.8 Å². The van der Waals surface area contributed by atoms with Crippen molar-refractivity contribution < 1.29 is 19.0 Å². The minimum Gasteiger partial charge on any atom is -0.490 e. The number of carbonyl (C=O) groups excluding carboxylic acids is 1. The van der Waals surface area contributed by atoms with E-state index in [0.29, 0.717) is 26.2 Å². The fraction of sp³-hybridized carbons (Fsp3) is 0.300. The molecular weight excluding hydrogens is 424 g/mol. The molecular formula is C30H32O4. The molecule has 0 fully saturated rings. The molecule has 0 amide bonds. The molecule has 0 N–H and O–H groups in total. The van der Waals surface area contributed by atoms with Crippen LogP contribution in [0.5, 0.6) is 5.75 Å². The molecule has 4 heteroatoms. The minimum atomic E-state index is -0.587. The van der Waals surface area contributed by atoms with Crippen molar-refractivity contribution in [2.24, 2.45) is 0 Å². The van der Waals surface area contributed by atoms with Crippen molar-refractivity contribution in [3.05, 3.63) is 94.6 Å². The number of hydrogen-bond acceptors (Lipinski definition) is 4. The Kier molecular flexibility index (Phi) is 7.49. The van der Waals surface area contributed by atoms with Crippen LogP contribution in [0.1, 0.15) is 41.7 Å². The van der Waals surface area contributed by atoms with Gasteiger partial charge in [0.2, 0.25) is 0 Å². The maximum atomic E-state index is 12.1. The van der Waals surface area contributed by atoms with Crippen LogP contribution in [0, 0.1) is 13.8 Å². The number of benzene rings is 3. The van der Waals surface area contributed by atoms with E-state index in [1.165, 1.54) is 39.0 Å². The summed E-state index contributed by atoms with van der Waals surface area (Å²) in [5.74, 6) is 0.467. The highest BCUT2D eigenvalue weighted by Crippen LogP contribution is 2.44. The van der Waals surface area contributed by atoms with Crippen molar-refractivity contribution in [2.45, 2.75) is 40.2 Å². The molecule has 4 nitrogen and oxygen atoms in total. The Hall–Kier alpha value is -3.37. The average Bonchev–Trinajstić information content (AvgIpc) is 3.12. The molecule has 176 valence electrons. The molecule has 0 bridgehead atoms. The summed E-state index contributed by atoms with van der Waals surface area (Å²) in [6.45, 7) is 9.22. The number of esters is 1. The fourth-order valence-electron chi connectivity index (χ4n) is 4.40. The smallest absolute Gasteiger partial charge is 0.335 e. The zero-order valence-corrected chi connectivity index (χ0v) is 20.4. The molecule has 0 heterocycles. The lowest BCUT2D eigenvalue weighted by Gasteiger charge is -2.15. The van der Waals surface area contributed by atoms with Gasteiger partial charge in [-0.25, -0.2) is 4.79 Å². The molecule has 0 aliphatic heterocycles. The largest absolute Gasteiger partial charge is 0.490 e. The normalized spacial score (nSPS) is 12.6. The molecule has 4 rings (SSSR count). The molecule has 1 atom stereocenters. The third-order valence-electron chi connectivity index (χ3n) is 6.02. The second-order valence-corrected chi connectivity index (χ2v) is 8.57. The molecule has 3 aromatic rings. The molecule has 34 heavy (non-hydrogen) atoms.